The van der Waals surface area contributed by atoms with Crippen LogP contribution in [0.5, 0.6) is 0 Å². The molecule has 1 aliphatic carbocycles. The predicted octanol–water partition coefficient (Wildman–Crippen LogP) is 3.01. The van der Waals surface area contributed by atoms with Gasteiger partial charge in [-0.25, -0.2) is 4.39 Å². The molecule has 7 nitrogen and oxygen atoms in total. The monoisotopic (exact) mass is 420 g/mol. The summed E-state index contributed by atoms with van der Waals surface area (Å²) in [5.74, 6) is 1.31. The molecule has 0 spiro atoms. The lowest BCUT2D eigenvalue weighted by atomic mass is 10.1. The maximum atomic E-state index is 13.0. The number of halogens is 1. The van der Waals surface area contributed by atoms with Gasteiger partial charge in [0.25, 0.3) is 11.8 Å². The van der Waals surface area contributed by atoms with Crippen molar-refractivity contribution >= 4 is 11.8 Å². The molecular formula is C23H21FN4O3. The average Bonchev–Trinajstić information content (AvgIpc) is 3.19. The number of nitrogens with one attached hydrogen (secondary N) is 1. The highest BCUT2D eigenvalue weighted by Crippen LogP contribution is 2.53. The quantitative estimate of drug-likeness (QED) is 0.662. The van der Waals surface area contributed by atoms with Crippen LogP contribution in [0.25, 0.3) is 11.3 Å². The Bertz CT molecular complexity index is 1090. The van der Waals surface area contributed by atoms with Crippen molar-refractivity contribution in [2.45, 2.75) is 6.42 Å². The molecule has 0 bridgehead atoms. The second-order valence-corrected chi connectivity index (χ2v) is 8.07. The Balaban J connectivity index is 1.07. The van der Waals surface area contributed by atoms with Crippen LogP contribution in [0.1, 0.15) is 27.3 Å². The minimum Gasteiger partial charge on any atom is -0.355 e. The smallest absolute Gasteiger partial charge is 0.273 e. The molecule has 5 rings (SSSR count). The van der Waals surface area contributed by atoms with Crippen molar-refractivity contribution in [1.29, 1.82) is 0 Å². The van der Waals surface area contributed by atoms with Crippen molar-refractivity contribution in [3.8, 4) is 11.3 Å². The van der Waals surface area contributed by atoms with Gasteiger partial charge in [0.15, 0.2) is 11.5 Å². The van der Waals surface area contributed by atoms with Crippen LogP contribution in [0.4, 0.5) is 4.39 Å². The Labute approximate surface area is 178 Å². The van der Waals surface area contributed by atoms with Gasteiger partial charge in [-0.1, -0.05) is 5.16 Å². The Morgan fingerprint density at radius 2 is 1.94 bits per heavy atom. The third-order valence-electron chi connectivity index (χ3n) is 6.20. The second kappa shape index (κ2) is 7.94. The van der Waals surface area contributed by atoms with E-state index in [4.69, 9.17) is 4.52 Å². The topological polar surface area (TPSA) is 88.3 Å². The lowest BCUT2D eigenvalue weighted by Crippen LogP contribution is -2.32. The molecule has 1 N–H and O–H groups in total. The zero-order valence-corrected chi connectivity index (χ0v) is 16.7. The standard InChI is InChI=1S/C23H21FN4O3/c24-16-5-3-14(4-6-16)23(30)28-12-18-17(19(18)13-28)7-9-26-22(29)20-10-21(31-27-20)15-2-1-8-25-11-15/h1-6,8,10-11,17-19H,7,9,12-13H2,(H,26,29). The number of pyridine rings is 1. The summed E-state index contributed by atoms with van der Waals surface area (Å²) < 4.78 is 18.3. The average molecular weight is 420 g/mol. The van der Waals surface area contributed by atoms with E-state index in [1.807, 2.05) is 11.0 Å². The minimum absolute atomic E-state index is 0.0466. The molecule has 0 radical (unpaired) electrons. The number of rotatable bonds is 6. The summed E-state index contributed by atoms with van der Waals surface area (Å²) in [6.07, 6.45) is 4.18. The third kappa shape index (κ3) is 3.93. The maximum Gasteiger partial charge on any atom is 0.273 e. The van der Waals surface area contributed by atoms with Crippen LogP contribution in [0.15, 0.2) is 59.4 Å². The minimum atomic E-state index is -0.346. The first-order chi connectivity index (χ1) is 15.1. The van der Waals surface area contributed by atoms with E-state index in [2.05, 4.69) is 15.5 Å². The lowest BCUT2D eigenvalue weighted by molar-refractivity contribution is 0.0767. The van der Waals surface area contributed by atoms with Gasteiger partial charge in [-0.3, -0.25) is 14.6 Å². The molecule has 3 aromatic rings. The Kier molecular flexibility index (Phi) is 4.97. The fraction of sp³-hybridized carbons (Fsp3) is 0.304. The first-order valence-corrected chi connectivity index (χ1v) is 10.3. The number of hydrogen-bond donors (Lipinski definition) is 1. The molecular weight excluding hydrogens is 399 g/mol. The van der Waals surface area contributed by atoms with Gasteiger partial charge < -0.3 is 14.7 Å². The molecule has 2 unspecified atom stereocenters. The summed E-state index contributed by atoms with van der Waals surface area (Å²) in [4.78, 5) is 30.7. The highest BCUT2D eigenvalue weighted by molar-refractivity contribution is 5.94. The molecule has 1 saturated heterocycles. The van der Waals surface area contributed by atoms with Crippen LogP contribution in [-0.4, -0.2) is 46.5 Å². The van der Waals surface area contributed by atoms with Gasteiger partial charge in [-0.2, -0.15) is 0 Å². The van der Waals surface area contributed by atoms with Crippen molar-refractivity contribution in [1.82, 2.24) is 20.4 Å². The number of nitrogens with zero attached hydrogens (tertiary/aromatic N) is 3. The number of likely N-dealkylation sites (tertiary alicyclic amines) is 1. The van der Waals surface area contributed by atoms with E-state index in [1.165, 1.54) is 24.3 Å². The normalized spacial score (nSPS) is 21.6. The molecule has 2 aromatic heterocycles. The number of fused-ring (bicyclic) bond motifs is 1. The SMILES string of the molecule is O=C(NCCC1C2CN(C(=O)c3ccc(F)cc3)CC12)c1cc(-c2cccnc2)on1. The van der Waals surface area contributed by atoms with E-state index in [0.29, 0.717) is 35.6 Å². The van der Waals surface area contributed by atoms with Gasteiger partial charge >= 0.3 is 0 Å². The van der Waals surface area contributed by atoms with Crippen molar-refractivity contribution in [2.75, 3.05) is 19.6 Å². The number of piperidine rings is 1. The van der Waals surface area contributed by atoms with E-state index in [9.17, 15) is 14.0 Å². The highest BCUT2D eigenvalue weighted by atomic mass is 19.1. The number of carbonyl (C=O) groups excluding carboxylic acids is 2. The Morgan fingerprint density at radius 1 is 1.16 bits per heavy atom. The second-order valence-electron chi connectivity index (χ2n) is 8.07. The molecule has 1 saturated carbocycles. The lowest BCUT2D eigenvalue weighted by Gasteiger charge is -2.20. The zero-order valence-electron chi connectivity index (χ0n) is 16.7. The van der Waals surface area contributed by atoms with Crippen LogP contribution in [0, 0.1) is 23.6 Å². The molecule has 1 aromatic carbocycles. The number of carbonyl (C=O) groups is 2. The van der Waals surface area contributed by atoms with Crippen LogP contribution in [0.2, 0.25) is 0 Å². The fourth-order valence-corrected chi connectivity index (χ4v) is 4.49. The van der Waals surface area contributed by atoms with Gasteiger partial charge in [0.05, 0.1) is 0 Å². The number of amides is 2. The molecule has 2 aliphatic rings. The maximum absolute atomic E-state index is 13.0. The van der Waals surface area contributed by atoms with Crippen molar-refractivity contribution in [2.24, 2.45) is 17.8 Å². The van der Waals surface area contributed by atoms with Crippen LogP contribution >= 0.6 is 0 Å². The fourth-order valence-electron chi connectivity index (χ4n) is 4.49. The van der Waals surface area contributed by atoms with E-state index in [1.54, 1.807) is 24.5 Å². The summed E-state index contributed by atoms with van der Waals surface area (Å²) >= 11 is 0. The summed E-state index contributed by atoms with van der Waals surface area (Å²) in [6.45, 7) is 1.99. The van der Waals surface area contributed by atoms with Crippen molar-refractivity contribution in [3.05, 3.63) is 71.9 Å². The third-order valence-corrected chi connectivity index (χ3v) is 6.20. The van der Waals surface area contributed by atoms with Gasteiger partial charge in [0, 0.05) is 49.2 Å². The molecule has 2 atom stereocenters. The van der Waals surface area contributed by atoms with Gasteiger partial charge in [0.1, 0.15) is 5.82 Å². The summed E-state index contributed by atoms with van der Waals surface area (Å²) in [7, 11) is 0. The number of aromatic nitrogens is 2. The van der Waals surface area contributed by atoms with Crippen LogP contribution < -0.4 is 5.32 Å². The van der Waals surface area contributed by atoms with E-state index in [-0.39, 0.29) is 23.3 Å². The summed E-state index contributed by atoms with van der Waals surface area (Å²) in [5.41, 5.74) is 1.52. The molecule has 8 heteroatoms. The summed E-state index contributed by atoms with van der Waals surface area (Å²) in [5, 5.41) is 6.74. The number of benzene rings is 1. The summed E-state index contributed by atoms with van der Waals surface area (Å²) in [6, 6.07) is 10.9. The molecule has 2 amide bonds. The molecule has 158 valence electrons. The van der Waals surface area contributed by atoms with Gasteiger partial charge in [-0.15, -0.1) is 0 Å². The molecule has 31 heavy (non-hydrogen) atoms. The first kappa shape index (κ1) is 19.4. The molecule has 2 fully saturated rings. The van der Waals surface area contributed by atoms with Crippen molar-refractivity contribution in [3.63, 3.8) is 0 Å². The number of hydrogen-bond acceptors (Lipinski definition) is 5. The van der Waals surface area contributed by atoms with Gasteiger partial charge in [-0.05, 0) is 60.6 Å². The van der Waals surface area contributed by atoms with Crippen LogP contribution in [0.3, 0.4) is 0 Å². The van der Waals surface area contributed by atoms with Crippen molar-refractivity contribution < 1.29 is 18.5 Å². The van der Waals surface area contributed by atoms with Crippen LogP contribution in [-0.2, 0) is 0 Å². The largest absolute Gasteiger partial charge is 0.355 e. The predicted molar refractivity (Wildman–Crippen MR) is 109 cm³/mol. The highest BCUT2D eigenvalue weighted by Gasteiger charge is 2.55. The van der Waals surface area contributed by atoms with E-state index in [0.717, 1.165) is 25.1 Å². The van der Waals surface area contributed by atoms with E-state index >= 15 is 0 Å². The zero-order chi connectivity index (χ0) is 21.4. The van der Waals surface area contributed by atoms with E-state index < -0.39 is 0 Å². The van der Waals surface area contributed by atoms with Gasteiger partial charge in [0.2, 0.25) is 0 Å². The molecule has 3 heterocycles. The Morgan fingerprint density at radius 3 is 2.65 bits per heavy atom. The Hall–Kier alpha value is -3.55. The molecule has 1 aliphatic heterocycles. The first-order valence-electron chi connectivity index (χ1n) is 10.3.